The maximum Gasteiger partial charge on any atom is 0.418 e. The molecule has 270 valence electrons. The zero-order chi connectivity index (χ0) is 37.3. The average molecular weight is 723 g/mol. The first-order valence-corrected chi connectivity index (χ1v) is 15.7. The Bertz CT molecular complexity index is 1870. The number of carbonyl (C=O) groups is 2. The lowest BCUT2D eigenvalue weighted by Crippen LogP contribution is -2.43. The molecule has 2 unspecified atom stereocenters. The van der Waals surface area contributed by atoms with Crippen molar-refractivity contribution in [1.82, 2.24) is 4.90 Å². The number of hydrogen-bond donors (Lipinski definition) is 1. The number of imide groups is 1. The molecular weight excluding hydrogens is 691 g/mol. The minimum atomic E-state index is -5.07. The molecule has 0 spiro atoms. The summed E-state index contributed by atoms with van der Waals surface area (Å²) >= 11 is 0. The average Bonchev–Trinajstić information content (AvgIpc) is 3.41. The summed E-state index contributed by atoms with van der Waals surface area (Å²) in [4.78, 5) is 28.3. The van der Waals surface area contributed by atoms with Gasteiger partial charge < -0.3 is 10.1 Å². The molecule has 1 aliphatic heterocycles. The Kier molecular flexibility index (Phi) is 10.5. The molecule has 4 aromatic carbocycles. The first-order chi connectivity index (χ1) is 23.8. The van der Waals surface area contributed by atoms with Gasteiger partial charge in [-0.15, -0.1) is 0 Å². The van der Waals surface area contributed by atoms with Gasteiger partial charge in [-0.25, -0.2) is 9.69 Å². The predicted molar refractivity (Wildman–Crippen MR) is 171 cm³/mol. The molecule has 0 aliphatic carbocycles. The highest BCUT2D eigenvalue weighted by molar-refractivity contribution is 5.97. The van der Waals surface area contributed by atoms with Crippen LogP contribution in [0, 0.1) is 5.92 Å². The Hall–Kier alpha value is -5.01. The van der Waals surface area contributed by atoms with Gasteiger partial charge in [-0.3, -0.25) is 4.79 Å². The van der Waals surface area contributed by atoms with Crippen LogP contribution in [-0.2, 0) is 34.5 Å². The van der Waals surface area contributed by atoms with Gasteiger partial charge in [0.1, 0.15) is 6.61 Å². The number of ether oxygens (including phenoxy) is 1. The number of carbonyl (C=O) groups excluding carboxylic acids is 2. The minimum absolute atomic E-state index is 0.0952. The summed E-state index contributed by atoms with van der Waals surface area (Å²) in [5.41, 5.74) is -3.56. The highest BCUT2D eigenvalue weighted by atomic mass is 19.4. The SMILES string of the molecule is CC(C)CC(C(=O)N1C(=O)OCC1Cc1ccccc1)c1cc(Nc2cc(C(F)(F)F)ccc2C(F)(F)F)cc(-c2ccc(C(F)(F)F)cc2)c1. The lowest BCUT2D eigenvalue weighted by molar-refractivity contribution is -0.140. The van der Waals surface area contributed by atoms with E-state index >= 15 is 0 Å². The molecule has 1 N–H and O–H groups in total. The van der Waals surface area contributed by atoms with Crippen molar-refractivity contribution < 1.29 is 53.8 Å². The first-order valence-electron chi connectivity index (χ1n) is 15.7. The molecule has 0 radical (unpaired) electrons. The number of nitrogens with zero attached hydrogens (tertiary/aromatic N) is 1. The van der Waals surface area contributed by atoms with Crippen molar-refractivity contribution in [3.05, 3.63) is 119 Å². The van der Waals surface area contributed by atoms with Crippen molar-refractivity contribution in [1.29, 1.82) is 0 Å². The molecule has 2 amide bonds. The normalized spacial score (nSPS) is 16.0. The van der Waals surface area contributed by atoms with Gasteiger partial charge in [0.05, 0.1) is 34.3 Å². The van der Waals surface area contributed by atoms with Crippen LogP contribution in [0.1, 0.15) is 54.0 Å². The second kappa shape index (κ2) is 14.3. The predicted octanol–water partition coefficient (Wildman–Crippen LogP) is 10.9. The Morgan fingerprint density at radius 1 is 0.784 bits per heavy atom. The third-order valence-electron chi connectivity index (χ3n) is 8.35. The van der Waals surface area contributed by atoms with Crippen molar-refractivity contribution in [3.8, 4) is 11.1 Å². The molecule has 1 heterocycles. The zero-order valence-corrected chi connectivity index (χ0v) is 27.1. The summed E-state index contributed by atoms with van der Waals surface area (Å²) in [7, 11) is 0. The number of amides is 2. The number of benzene rings is 4. The molecule has 51 heavy (non-hydrogen) atoms. The van der Waals surface area contributed by atoms with Gasteiger partial charge in [0, 0.05) is 5.69 Å². The summed E-state index contributed by atoms with van der Waals surface area (Å²) in [5, 5.41) is 2.43. The maximum atomic E-state index is 14.3. The molecule has 14 heteroatoms. The summed E-state index contributed by atoms with van der Waals surface area (Å²) in [6.45, 7) is 3.49. The van der Waals surface area contributed by atoms with E-state index in [4.69, 9.17) is 4.74 Å². The van der Waals surface area contributed by atoms with Crippen LogP contribution in [0.15, 0.2) is 91.0 Å². The van der Waals surface area contributed by atoms with Crippen LogP contribution in [-0.4, -0.2) is 29.5 Å². The molecule has 1 aliphatic rings. The van der Waals surface area contributed by atoms with Gasteiger partial charge in [0.25, 0.3) is 0 Å². The van der Waals surface area contributed by atoms with E-state index in [9.17, 15) is 49.1 Å². The van der Waals surface area contributed by atoms with E-state index in [-0.39, 0.29) is 47.7 Å². The van der Waals surface area contributed by atoms with E-state index in [0.29, 0.717) is 18.2 Å². The number of hydrogen-bond acceptors (Lipinski definition) is 4. The molecule has 1 saturated heterocycles. The molecule has 0 bridgehead atoms. The van der Waals surface area contributed by atoms with Crippen LogP contribution in [0.4, 0.5) is 55.7 Å². The van der Waals surface area contributed by atoms with Crippen molar-refractivity contribution in [2.45, 2.75) is 57.2 Å². The van der Waals surface area contributed by atoms with Crippen molar-refractivity contribution in [3.63, 3.8) is 0 Å². The highest BCUT2D eigenvalue weighted by Gasteiger charge is 2.42. The molecule has 5 rings (SSSR count). The summed E-state index contributed by atoms with van der Waals surface area (Å²) < 4.78 is 128. The van der Waals surface area contributed by atoms with E-state index in [1.54, 1.807) is 32.0 Å². The van der Waals surface area contributed by atoms with Crippen LogP contribution < -0.4 is 5.32 Å². The van der Waals surface area contributed by atoms with Gasteiger partial charge in [-0.1, -0.05) is 62.4 Å². The molecule has 5 nitrogen and oxygen atoms in total. The minimum Gasteiger partial charge on any atom is -0.447 e. The van der Waals surface area contributed by atoms with Gasteiger partial charge in [-0.2, -0.15) is 39.5 Å². The number of cyclic esters (lactones) is 1. The Morgan fingerprint density at radius 3 is 2.00 bits per heavy atom. The quantitative estimate of drug-likeness (QED) is 0.175. The number of nitrogens with one attached hydrogen (secondary N) is 1. The van der Waals surface area contributed by atoms with Crippen LogP contribution in [0.25, 0.3) is 11.1 Å². The smallest absolute Gasteiger partial charge is 0.418 e. The number of rotatable bonds is 9. The van der Waals surface area contributed by atoms with Gasteiger partial charge in [0.2, 0.25) is 5.91 Å². The number of alkyl halides is 9. The largest absolute Gasteiger partial charge is 0.447 e. The Labute approximate surface area is 287 Å². The van der Waals surface area contributed by atoms with Gasteiger partial charge in [-0.05, 0) is 83.5 Å². The Balaban J connectivity index is 1.64. The van der Waals surface area contributed by atoms with Crippen molar-refractivity contribution in [2.24, 2.45) is 5.92 Å². The lowest BCUT2D eigenvalue weighted by Gasteiger charge is -2.27. The topological polar surface area (TPSA) is 58.6 Å². The third-order valence-corrected chi connectivity index (χ3v) is 8.35. The summed E-state index contributed by atoms with van der Waals surface area (Å²) in [6.07, 6.45) is -15.2. The third kappa shape index (κ3) is 8.84. The molecule has 2 atom stereocenters. The summed E-state index contributed by atoms with van der Waals surface area (Å²) in [6, 6.07) is 17.1. The second-order valence-corrected chi connectivity index (χ2v) is 12.6. The Morgan fingerprint density at radius 2 is 1.41 bits per heavy atom. The van der Waals surface area contributed by atoms with E-state index in [0.717, 1.165) is 34.7 Å². The molecule has 0 aromatic heterocycles. The molecule has 1 fully saturated rings. The van der Waals surface area contributed by atoms with Crippen LogP contribution in [0.2, 0.25) is 0 Å². The van der Waals surface area contributed by atoms with Gasteiger partial charge >= 0.3 is 24.6 Å². The van der Waals surface area contributed by atoms with Crippen LogP contribution in [0.3, 0.4) is 0 Å². The monoisotopic (exact) mass is 722 g/mol. The van der Waals surface area contributed by atoms with Crippen LogP contribution >= 0.6 is 0 Å². The first kappa shape index (κ1) is 37.3. The van der Waals surface area contributed by atoms with Crippen molar-refractivity contribution in [2.75, 3.05) is 11.9 Å². The van der Waals surface area contributed by atoms with E-state index in [1.165, 1.54) is 18.2 Å². The maximum absolute atomic E-state index is 14.3. The van der Waals surface area contributed by atoms with Crippen LogP contribution in [0.5, 0.6) is 0 Å². The van der Waals surface area contributed by atoms with E-state index in [1.807, 2.05) is 12.1 Å². The fraction of sp³-hybridized carbons (Fsp3) is 0.297. The zero-order valence-electron chi connectivity index (χ0n) is 27.1. The highest BCUT2D eigenvalue weighted by Crippen LogP contribution is 2.42. The fourth-order valence-corrected chi connectivity index (χ4v) is 5.96. The molecular formula is C37H31F9N2O3. The molecule has 0 saturated carbocycles. The van der Waals surface area contributed by atoms with E-state index in [2.05, 4.69) is 5.32 Å². The van der Waals surface area contributed by atoms with Crippen molar-refractivity contribution >= 4 is 23.4 Å². The lowest BCUT2D eigenvalue weighted by atomic mass is 9.86. The summed E-state index contributed by atoms with van der Waals surface area (Å²) in [5.74, 6) is -1.98. The standard InChI is InChI=1S/C37H31F9N2O3/c1-21(2)14-30(33(49)48-29(20-51-34(48)50)15-22-6-4-3-5-7-22)25-16-24(23-8-10-26(11-9-23)35(38,39)40)17-28(18-25)47-32-19-27(36(41,42)43)12-13-31(32)37(44,45)46/h3-13,16-19,21,29-30,47H,14-15,20H2,1-2H3. The second-order valence-electron chi connectivity index (χ2n) is 12.6. The van der Waals surface area contributed by atoms with E-state index < -0.39 is 64.9 Å². The van der Waals surface area contributed by atoms with Gasteiger partial charge in [0.15, 0.2) is 0 Å². The fourth-order valence-electron chi connectivity index (χ4n) is 5.96. The number of anilines is 2. The molecule has 4 aromatic rings. The number of halogens is 9.